The molecular weight excluding hydrogens is 288 g/mol. The Hall–Kier alpha value is -3.14. The van der Waals surface area contributed by atoms with Gasteiger partial charge in [-0.2, -0.15) is 0 Å². The molecule has 1 heterocycles. The third-order valence-electron chi connectivity index (χ3n) is 3.67. The molecule has 0 bridgehead atoms. The zero-order valence-corrected chi connectivity index (χ0v) is 12.4. The number of hydrogen-bond donors (Lipinski definition) is 2. The number of rotatable bonds is 4. The van der Waals surface area contributed by atoms with E-state index in [0.717, 1.165) is 16.7 Å². The molecule has 0 aliphatic heterocycles. The molecule has 4 heteroatoms. The molecule has 0 spiro atoms. The van der Waals surface area contributed by atoms with Crippen molar-refractivity contribution in [3.8, 4) is 16.9 Å². The van der Waals surface area contributed by atoms with Gasteiger partial charge in [0, 0.05) is 6.20 Å². The fourth-order valence-corrected chi connectivity index (χ4v) is 2.60. The third-order valence-corrected chi connectivity index (χ3v) is 3.67. The molecule has 23 heavy (non-hydrogen) atoms. The Morgan fingerprint density at radius 3 is 2.39 bits per heavy atom. The molecule has 0 fully saturated rings. The smallest absolute Gasteiger partial charge is 0.231 e. The summed E-state index contributed by atoms with van der Waals surface area (Å²) in [5, 5.41) is 9.63. The molecule has 1 aromatic heterocycles. The second kappa shape index (κ2) is 6.32. The number of phenols is 1. The lowest BCUT2D eigenvalue weighted by Gasteiger charge is -2.14. The Bertz CT molecular complexity index is 832. The van der Waals surface area contributed by atoms with Crippen LogP contribution in [0.5, 0.6) is 5.75 Å². The van der Waals surface area contributed by atoms with Gasteiger partial charge in [0.15, 0.2) is 0 Å². The summed E-state index contributed by atoms with van der Waals surface area (Å²) in [5.74, 6) is -0.861. The quantitative estimate of drug-likeness (QED) is 0.777. The predicted octanol–water partition coefficient (Wildman–Crippen LogP) is 3.07. The number of benzene rings is 2. The zero-order valence-electron chi connectivity index (χ0n) is 12.4. The standard InChI is InChI=1S/C19H16N2O2/c20-19(23)18(13-5-2-1-3-6-13)17-12-15(9-10-21-17)14-7-4-8-16(22)11-14/h1-12,18,22H,(H2,20,23). The van der Waals surface area contributed by atoms with E-state index in [2.05, 4.69) is 4.98 Å². The third kappa shape index (κ3) is 3.21. The van der Waals surface area contributed by atoms with Crippen LogP contribution in [0.25, 0.3) is 11.1 Å². The maximum absolute atomic E-state index is 11.9. The largest absolute Gasteiger partial charge is 0.508 e. The molecule has 1 amide bonds. The van der Waals surface area contributed by atoms with Crippen LogP contribution in [0.2, 0.25) is 0 Å². The maximum atomic E-state index is 11.9. The van der Waals surface area contributed by atoms with Gasteiger partial charge in [-0.05, 0) is 41.0 Å². The van der Waals surface area contributed by atoms with Crippen LogP contribution in [0, 0.1) is 0 Å². The fraction of sp³-hybridized carbons (Fsp3) is 0.0526. The van der Waals surface area contributed by atoms with Crippen molar-refractivity contribution in [2.75, 3.05) is 0 Å². The molecule has 0 saturated carbocycles. The molecule has 3 rings (SSSR count). The Morgan fingerprint density at radius 2 is 1.70 bits per heavy atom. The molecule has 3 aromatic rings. The van der Waals surface area contributed by atoms with Crippen LogP contribution < -0.4 is 5.73 Å². The van der Waals surface area contributed by atoms with E-state index in [4.69, 9.17) is 5.73 Å². The lowest BCUT2D eigenvalue weighted by atomic mass is 9.93. The molecule has 0 saturated heterocycles. The van der Waals surface area contributed by atoms with Crippen molar-refractivity contribution in [1.29, 1.82) is 0 Å². The summed E-state index contributed by atoms with van der Waals surface area (Å²) < 4.78 is 0. The van der Waals surface area contributed by atoms with Crippen molar-refractivity contribution in [3.63, 3.8) is 0 Å². The summed E-state index contributed by atoms with van der Waals surface area (Å²) >= 11 is 0. The second-order valence-electron chi connectivity index (χ2n) is 5.27. The zero-order chi connectivity index (χ0) is 16.2. The van der Waals surface area contributed by atoms with Crippen molar-refractivity contribution < 1.29 is 9.90 Å². The van der Waals surface area contributed by atoms with Gasteiger partial charge in [0.1, 0.15) is 11.7 Å². The van der Waals surface area contributed by atoms with Crippen LogP contribution in [-0.2, 0) is 4.79 Å². The van der Waals surface area contributed by atoms with E-state index >= 15 is 0 Å². The number of aromatic hydroxyl groups is 1. The average Bonchev–Trinajstić information content (AvgIpc) is 2.56. The summed E-state index contributed by atoms with van der Waals surface area (Å²) in [5.41, 5.74) is 8.71. The minimum atomic E-state index is -0.603. The van der Waals surface area contributed by atoms with Crippen LogP contribution in [0.4, 0.5) is 0 Å². The topological polar surface area (TPSA) is 76.2 Å². The minimum Gasteiger partial charge on any atom is -0.508 e. The number of aromatic nitrogens is 1. The van der Waals surface area contributed by atoms with E-state index in [1.54, 1.807) is 24.4 Å². The van der Waals surface area contributed by atoms with Crippen LogP contribution in [0.1, 0.15) is 17.2 Å². The summed E-state index contributed by atoms with van der Waals surface area (Å²) in [6.07, 6.45) is 1.65. The highest BCUT2D eigenvalue weighted by molar-refractivity contribution is 5.85. The molecule has 4 nitrogen and oxygen atoms in total. The van der Waals surface area contributed by atoms with Crippen molar-refractivity contribution in [2.45, 2.75) is 5.92 Å². The van der Waals surface area contributed by atoms with Crippen molar-refractivity contribution in [1.82, 2.24) is 4.98 Å². The van der Waals surface area contributed by atoms with E-state index in [0.29, 0.717) is 5.69 Å². The highest BCUT2D eigenvalue weighted by Crippen LogP contribution is 2.28. The van der Waals surface area contributed by atoms with E-state index in [1.807, 2.05) is 48.5 Å². The number of nitrogens with zero attached hydrogens (tertiary/aromatic N) is 1. The van der Waals surface area contributed by atoms with E-state index in [9.17, 15) is 9.90 Å². The molecule has 114 valence electrons. The van der Waals surface area contributed by atoms with Crippen LogP contribution in [0.15, 0.2) is 72.9 Å². The molecule has 3 N–H and O–H groups in total. The van der Waals surface area contributed by atoms with Gasteiger partial charge in [-0.1, -0.05) is 42.5 Å². The van der Waals surface area contributed by atoms with Crippen molar-refractivity contribution >= 4 is 5.91 Å². The first kappa shape index (κ1) is 14.8. The van der Waals surface area contributed by atoms with E-state index in [1.165, 1.54) is 0 Å². The van der Waals surface area contributed by atoms with Gasteiger partial charge in [-0.15, -0.1) is 0 Å². The monoisotopic (exact) mass is 304 g/mol. The molecule has 0 aliphatic carbocycles. The first-order valence-corrected chi connectivity index (χ1v) is 7.25. The first-order chi connectivity index (χ1) is 11.1. The van der Waals surface area contributed by atoms with E-state index in [-0.39, 0.29) is 5.75 Å². The number of pyridine rings is 1. The molecule has 0 aliphatic rings. The number of nitrogens with two attached hydrogens (primary N) is 1. The van der Waals surface area contributed by atoms with Gasteiger partial charge >= 0.3 is 0 Å². The predicted molar refractivity (Wildman–Crippen MR) is 88.8 cm³/mol. The SMILES string of the molecule is NC(=O)C(c1ccccc1)c1cc(-c2cccc(O)c2)ccn1. The van der Waals surface area contributed by atoms with Gasteiger partial charge in [-0.3, -0.25) is 9.78 Å². The van der Waals surface area contributed by atoms with E-state index < -0.39 is 11.8 Å². The lowest BCUT2D eigenvalue weighted by Crippen LogP contribution is -2.23. The van der Waals surface area contributed by atoms with Gasteiger partial charge in [0.05, 0.1) is 5.69 Å². The Labute approximate surface area is 134 Å². The number of carbonyl (C=O) groups is 1. The normalized spacial score (nSPS) is 11.8. The average molecular weight is 304 g/mol. The van der Waals surface area contributed by atoms with Crippen LogP contribution in [0.3, 0.4) is 0 Å². The Kier molecular flexibility index (Phi) is 4.06. The minimum absolute atomic E-state index is 0.190. The van der Waals surface area contributed by atoms with Crippen molar-refractivity contribution in [2.24, 2.45) is 5.73 Å². The second-order valence-corrected chi connectivity index (χ2v) is 5.27. The maximum Gasteiger partial charge on any atom is 0.231 e. The fourth-order valence-electron chi connectivity index (χ4n) is 2.60. The summed E-state index contributed by atoms with van der Waals surface area (Å²) in [6.45, 7) is 0. The van der Waals surface area contributed by atoms with Gasteiger partial charge < -0.3 is 10.8 Å². The summed E-state index contributed by atoms with van der Waals surface area (Å²) in [4.78, 5) is 16.3. The molecular formula is C19H16N2O2. The Balaban J connectivity index is 2.05. The van der Waals surface area contributed by atoms with Gasteiger partial charge in [-0.25, -0.2) is 0 Å². The number of hydrogen-bond acceptors (Lipinski definition) is 3. The van der Waals surface area contributed by atoms with Crippen LogP contribution >= 0.6 is 0 Å². The number of phenolic OH excluding ortho intramolecular Hbond substituents is 1. The molecule has 1 unspecified atom stereocenters. The lowest BCUT2D eigenvalue weighted by molar-refractivity contribution is -0.118. The van der Waals surface area contributed by atoms with Crippen molar-refractivity contribution in [3.05, 3.63) is 84.2 Å². The molecule has 1 atom stereocenters. The number of carbonyl (C=O) groups excluding carboxylic acids is 1. The number of primary amides is 1. The molecule has 2 aromatic carbocycles. The first-order valence-electron chi connectivity index (χ1n) is 7.25. The van der Waals surface area contributed by atoms with Gasteiger partial charge in [0.25, 0.3) is 0 Å². The molecule has 0 radical (unpaired) electrons. The van der Waals surface area contributed by atoms with Crippen LogP contribution in [-0.4, -0.2) is 16.0 Å². The summed E-state index contributed by atoms with van der Waals surface area (Å²) in [7, 11) is 0. The summed E-state index contributed by atoms with van der Waals surface area (Å²) in [6, 6.07) is 19.9. The highest BCUT2D eigenvalue weighted by atomic mass is 16.3. The van der Waals surface area contributed by atoms with Gasteiger partial charge in [0.2, 0.25) is 5.91 Å². The number of amides is 1. The Morgan fingerprint density at radius 1 is 0.957 bits per heavy atom. The highest BCUT2D eigenvalue weighted by Gasteiger charge is 2.21.